The van der Waals surface area contributed by atoms with Crippen LogP contribution in [-0.2, 0) is 16.1 Å². The minimum atomic E-state index is 0.0200. The molecule has 2 aliphatic heterocycles. The molecule has 2 saturated carbocycles. The first-order valence-electron chi connectivity index (χ1n) is 12.4. The smallest absolute Gasteiger partial charge is 0.310 e. The Morgan fingerprint density at radius 2 is 2.00 bits per heavy atom. The lowest BCUT2D eigenvalue weighted by atomic mass is 9.55. The van der Waals surface area contributed by atoms with Crippen LogP contribution in [0.15, 0.2) is 42.5 Å². The second-order valence-electron chi connectivity index (χ2n) is 10.8. The molecule has 0 amide bonds. The molecule has 5 rings (SSSR count). The second-order valence-corrected chi connectivity index (χ2v) is 10.8. The number of rotatable bonds is 5. The fourth-order valence-corrected chi connectivity index (χ4v) is 6.92. The molecule has 0 radical (unpaired) electrons. The van der Waals surface area contributed by atoms with Crippen molar-refractivity contribution in [3.63, 3.8) is 0 Å². The van der Waals surface area contributed by atoms with Gasteiger partial charge in [0.05, 0.1) is 5.92 Å². The summed E-state index contributed by atoms with van der Waals surface area (Å²) in [5.74, 6) is 0.996. The van der Waals surface area contributed by atoms with Gasteiger partial charge in [-0.2, -0.15) is 0 Å². The molecule has 168 valence electrons. The summed E-state index contributed by atoms with van der Waals surface area (Å²) in [6, 6.07) is 11.3. The van der Waals surface area contributed by atoms with Gasteiger partial charge in [0.15, 0.2) is 0 Å². The highest BCUT2D eigenvalue weighted by molar-refractivity contribution is 5.75. The number of hydrogen-bond donors (Lipinski definition) is 1. The number of fused-ring (bicyclic) bond motifs is 2. The molecule has 4 heteroatoms. The lowest BCUT2D eigenvalue weighted by Crippen LogP contribution is -2.47. The van der Waals surface area contributed by atoms with Crippen LogP contribution in [0.4, 0.5) is 0 Å². The predicted octanol–water partition coefficient (Wildman–Crippen LogP) is 4.55. The normalized spacial score (nSPS) is 36.7. The highest BCUT2D eigenvalue weighted by atomic mass is 16.6. The number of ether oxygens (including phenoxy) is 1. The second kappa shape index (κ2) is 8.71. The first-order chi connectivity index (χ1) is 15.0. The first-order valence-corrected chi connectivity index (χ1v) is 12.4. The lowest BCUT2D eigenvalue weighted by molar-refractivity contribution is -0.146. The molecule has 0 unspecified atom stereocenters. The van der Waals surface area contributed by atoms with E-state index in [1.54, 1.807) is 0 Å². The summed E-state index contributed by atoms with van der Waals surface area (Å²) in [6.07, 6.45) is 8.21. The average molecular weight is 423 g/mol. The Morgan fingerprint density at radius 1 is 1.23 bits per heavy atom. The standard InChI is InChI=1S/C27H38N2O2/c1-19-7-6-12-27(2)16-25-22(15-24(19)27)23(26(30)31-25)17-28-21-10-13-29(14-11-21)18-20-8-4-3-5-9-20/h3-5,8-9,21-25,28H,1,6-7,10-18H2,2H3/t22-,23+,24-,25+,27+/m0/s1. The summed E-state index contributed by atoms with van der Waals surface area (Å²) < 4.78 is 5.93. The predicted molar refractivity (Wildman–Crippen MR) is 123 cm³/mol. The molecule has 1 N–H and O–H groups in total. The SMILES string of the molecule is C=C1CCC[C@]2(C)C[C@H]3OC(=O)[C@H](CNC4CCN(Cc5ccccc5)CC4)[C@@H]3C[C@@H]12. The van der Waals surface area contributed by atoms with Crippen molar-refractivity contribution in [2.75, 3.05) is 19.6 Å². The van der Waals surface area contributed by atoms with Gasteiger partial charge < -0.3 is 10.1 Å². The van der Waals surface area contributed by atoms with Gasteiger partial charge in [-0.15, -0.1) is 0 Å². The molecule has 0 bridgehead atoms. The molecule has 1 aromatic carbocycles. The van der Waals surface area contributed by atoms with Crippen LogP contribution in [0, 0.1) is 23.2 Å². The Kier molecular flexibility index (Phi) is 5.96. The number of likely N-dealkylation sites (tertiary alicyclic amines) is 1. The van der Waals surface area contributed by atoms with Crippen molar-refractivity contribution in [1.82, 2.24) is 10.2 Å². The molecule has 1 aromatic rings. The summed E-state index contributed by atoms with van der Waals surface area (Å²) >= 11 is 0. The number of carbonyl (C=O) groups is 1. The fraction of sp³-hybridized carbons (Fsp3) is 0.667. The van der Waals surface area contributed by atoms with E-state index in [1.165, 1.54) is 24.0 Å². The van der Waals surface area contributed by atoms with Crippen LogP contribution in [0.3, 0.4) is 0 Å². The van der Waals surface area contributed by atoms with E-state index < -0.39 is 0 Å². The number of benzene rings is 1. The molecule has 31 heavy (non-hydrogen) atoms. The molecule has 0 aromatic heterocycles. The van der Waals surface area contributed by atoms with Crippen molar-refractivity contribution >= 4 is 5.97 Å². The highest BCUT2D eigenvalue weighted by Gasteiger charge is 2.55. The maximum Gasteiger partial charge on any atom is 0.310 e. The zero-order valence-corrected chi connectivity index (χ0v) is 19.0. The van der Waals surface area contributed by atoms with Crippen LogP contribution in [0.2, 0.25) is 0 Å². The third-order valence-electron chi connectivity index (χ3n) is 8.78. The molecular weight excluding hydrogens is 384 g/mol. The van der Waals surface area contributed by atoms with Crippen LogP contribution in [0.5, 0.6) is 0 Å². The highest BCUT2D eigenvalue weighted by Crippen LogP contribution is 2.56. The largest absolute Gasteiger partial charge is 0.462 e. The van der Waals surface area contributed by atoms with Gasteiger partial charge in [0, 0.05) is 25.0 Å². The van der Waals surface area contributed by atoms with Crippen molar-refractivity contribution in [3.05, 3.63) is 48.0 Å². The van der Waals surface area contributed by atoms with E-state index in [9.17, 15) is 4.79 Å². The van der Waals surface area contributed by atoms with Crippen LogP contribution in [0.1, 0.15) is 57.4 Å². The lowest BCUT2D eigenvalue weighted by Gasteiger charge is -2.50. The summed E-state index contributed by atoms with van der Waals surface area (Å²) in [4.78, 5) is 15.3. The molecule has 5 atom stereocenters. The van der Waals surface area contributed by atoms with Crippen molar-refractivity contribution in [2.24, 2.45) is 23.2 Å². The number of carbonyl (C=O) groups excluding carboxylic acids is 1. The molecule has 2 aliphatic carbocycles. The van der Waals surface area contributed by atoms with E-state index in [0.717, 1.165) is 58.3 Å². The minimum Gasteiger partial charge on any atom is -0.462 e. The van der Waals surface area contributed by atoms with Crippen molar-refractivity contribution in [1.29, 1.82) is 0 Å². The molecule has 4 nitrogen and oxygen atoms in total. The fourth-order valence-electron chi connectivity index (χ4n) is 6.92. The third-order valence-corrected chi connectivity index (χ3v) is 8.78. The summed E-state index contributed by atoms with van der Waals surface area (Å²) in [5, 5.41) is 3.75. The Bertz CT molecular complexity index is 801. The zero-order chi connectivity index (χ0) is 21.4. The Labute approximate surface area is 187 Å². The van der Waals surface area contributed by atoms with E-state index in [0.29, 0.717) is 17.9 Å². The molecule has 2 heterocycles. The summed E-state index contributed by atoms with van der Waals surface area (Å²) in [5.41, 5.74) is 3.09. The number of hydrogen-bond acceptors (Lipinski definition) is 4. The van der Waals surface area contributed by atoms with Crippen LogP contribution in [-0.4, -0.2) is 42.6 Å². The summed E-state index contributed by atoms with van der Waals surface area (Å²) in [7, 11) is 0. The average Bonchev–Trinajstić information content (AvgIpc) is 3.06. The van der Waals surface area contributed by atoms with Gasteiger partial charge in [-0.1, -0.05) is 49.4 Å². The van der Waals surface area contributed by atoms with Gasteiger partial charge in [0.25, 0.3) is 0 Å². The number of esters is 1. The third kappa shape index (κ3) is 4.34. The van der Waals surface area contributed by atoms with Crippen LogP contribution >= 0.6 is 0 Å². The van der Waals surface area contributed by atoms with E-state index >= 15 is 0 Å². The number of nitrogens with one attached hydrogen (secondary N) is 1. The molecule has 0 spiro atoms. The van der Waals surface area contributed by atoms with E-state index in [4.69, 9.17) is 4.74 Å². The van der Waals surface area contributed by atoms with Crippen LogP contribution in [0.25, 0.3) is 0 Å². The first kappa shape index (κ1) is 21.2. The molecular formula is C27H38N2O2. The Balaban J connectivity index is 1.13. The monoisotopic (exact) mass is 422 g/mol. The Hall–Kier alpha value is -1.65. The van der Waals surface area contributed by atoms with Crippen LogP contribution < -0.4 is 5.32 Å². The topological polar surface area (TPSA) is 41.6 Å². The quantitative estimate of drug-likeness (QED) is 0.558. The van der Waals surface area contributed by atoms with E-state index in [1.807, 2.05) is 0 Å². The maximum atomic E-state index is 12.8. The Morgan fingerprint density at radius 3 is 2.77 bits per heavy atom. The van der Waals surface area contributed by atoms with Gasteiger partial charge in [-0.3, -0.25) is 9.69 Å². The molecule has 2 saturated heterocycles. The summed E-state index contributed by atoms with van der Waals surface area (Å²) in [6.45, 7) is 10.9. The zero-order valence-electron chi connectivity index (χ0n) is 19.0. The number of allylic oxidation sites excluding steroid dienone is 1. The van der Waals surface area contributed by atoms with Gasteiger partial charge >= 0.3 is 5.97 Å². The van der Waals surface area contributed by atoms with Gasteiger partial charge in [0.2, 0.25) is 0 Å². The van der Waals surface area contributed by atoms with Crippen molar-refractivity contribution in [3.8, 4) is 0 Å². The number of piperidine rings is 1. The van der Waals surface area contributed by atoms with Crippen molar-refractivity contribution < 1.29 is 9.53 Å². The molecule has 4 fully saturated rings. The van der Waals surface area contributed by atoms with Gasteiger partial charge in [-0.25, -0.2) is 0 Å². The van der Waals surface area contributed by atoms with E-state index in [-0.39, 0.29) is 23.4 Å². The van der Waals surface area contributed by atoms with E-state index in [2.05, 4.69) is 54.1 Å². The minimum absolute atomic E-state index is 0.0200. The number of nitrogens with zero attached hydrogens (tertiary/aromatic N) is 1. The van der Waals surface area contributed by atoms with Gasteiger partial charge in [0.1, 0.15) is 6.10 Å². The van der Waals surface area contributed by atoms with Crippen molar-refractivity contribution in [2.45, 2.75) is 70.6 Å². The van der Waals surface area contributed by atoms with Gasteiger partial charge in [-0.05, 0) is 74.9 Å². The maximum absolute atomic E-state index is 12.8. The molecule has 4 aliphatic rings.